The molecule has 0 aliphatic carbocycles. The van der Waals surface area contributed by atoms with E-state index in [4.69, 9.17) is 5.73 Å². The zero-order valence-electron chi connectivity index (χ0n) is 11.3. The Morgan fingerprint density at radius 3 is 2.63 bits per heavy atom. The minimum absolute atomic E-state index is 0.690. The highest BCUT2D eigenvalue weighted by atomic mass is 15.2. The van der Waals surface area contributed by atoms with E-state index >= 15 is 0 Å². The van der Waals surface area contributed by atoms with Gasteiger partial charge in [-0.15, -0.1) is 0 Å². The van der Waals surface area contributed by atoms with Gasteiger partial charge in [-0.1, -0.05) is 30.3 Å². The SMILES string of the molecule is Cc1cc(N(CCCN)Cc2ccccc2)ncn1. The van der Waals surface area contributed by atoms with Crippen LogP contribution in [-0.2, 0) is 6.54 Å². The van der Waals surface area contributed by atoms with Crippen LogP contribution in [0.4, 0.5) is 5.82 Å². The third kappa shape index (κ3) is 4.03. The first-order chi connectivity index (χ1) is 9.29. The van der Waals surface area contributed by atoms with Crippen molar-refractivity contribution < 1.29 is 0 Å². The molecule has 0 atom stereocenters. The average molecular weight is 256 g/mol. The molecule has 0 aliphatic rings. The highest BCUT2D eigenvalue weighted by molar-refractivity contribution is 5.39. The van der Waals surface area contributed by atoms with E-state index in [2.05, 4.69) is 39.1 Å². The van der Waals surface area contributed by atoms with Crippen LogP contribution < -0.4 is 10.6 Å². The maximum Gasteiger partial charge on any atom is 0.132 e. The van der Waals surface area contributed by atoms with Crippen LogP contribution >= 0.6 is 0 Å². The molecule has 19 heavy (non-hydrogen) atoms. The normalized spacial score (nSPS) is 10.4. The number of hydrogen-bond donors (Lipinski definition) is 1. The summed E-state index contributed by atoms with van der Waals surface area (Å²) in [6.07, 6.45) is 2.57. The molecule has 0 unspecified atom stereocenters. The lowest BCUT2D eigenvalue weighted by Crippen LogP contribution is -2.26. The van der Waals surface area contributed by atoms with E-state index in [-0.39, 0.29) is 0 Å². The first-order valence-electron chi connectivity index (χ1n) is 6.57. The Hall–Kier alpha value is -1.94. The van der Waals surface area contributed by atoms with Crippen molar-refractivity contribution >= 4 is 5.82 Å². The monoisotopic (exact) mass is 256 g/mol. The molecule has 1 heterocycles. The van der Waals surface area contributed by atoms with E-state index in [1.54, 1.807) is 6.33 Å². The Bertz CT molecular complexity index is 499. The maximum atomic E-state index is 5.62. The number of hydrogen-bond acceptors (Lipinski definition) is 4. The fourth-order valence-corrected chi connectivity index (χ4v) is 1.97. The smallest absolute Gasteiger partial charge is 0.132 e. The van der Waals surface area contributed by atoms with Crippen molar-refractivity contribution in [2.45, 2.75) is 19.9 Å². The molecule has 0 spiro atoms. The van der Waals surface area contributed by atoms with Crippen molar-refractivity contribution in [2.24, 2.45) is 5.73 Å². The van der Waals surface area contributed by atoms with E-state index < -0.39 is 0 Å². The maximum absolute atomic E-state index is 5.62. The van der Waals surface area contributed by atoms with Gasteiger partial charge in [-0.25, -0.2) is 9.97 Å². The molecule has 100 valence electrons. The summed E-state index contributed by atoms with van der Waals surface area (Å²) in [6.45, 7) is 4.42. The van der Waals surface area contributed by atoms with Crippen LogP contribution in [0.2, 0.25) is 0 Å². The molecule has 4 heteroatoms. The summed E-state index contributed by atoms with van der Waals surface area (Å²) in [5, 5.41) is 0. The van der Waals surface area contributed by atoms with Crippen molar-refractivity contribution in [2.75, 3.05) is 18.0 Å². The summed E-state index contributed by atoms with van der Waals surface area (Å²) in [5.41, 5.74) is 7.87. The van der Waals surface area contributed by atoms with Gasteiger partial charge in [0.05, 0.1) is 0 Å². The molecule has 1 aromatic heterocycles. The zero-order valence-corrected chi connectivity index (χ0v) is 11.3. The van der Waals surface area contributed by atoms with Crippen molar-refractivity contribution in [3.63, 3.8) is 0 Å². The molecule has 2 aromatic rings. The van der Waals surface area contributed by atoms with Gasteiger partial charge in [-0.3, -0.25) is 0 Å². The molecular formula is C15H20N4. The Morgan fingerprint density at radius 2 is 1.95 bits per heavy atom. The number of nitrogens with two attached hydrogens (primary N) is 1. The zero-order chi connectivity index (χ0) is 13.5. The van der Waals surface area contributed by atoms with E-state index in [0.29, 0.717) is 6.54 Å². The second kappa shape index (κ2) is 6.85. The van der Waals surface area contributed by atoms with Crippen molar-refractivity contribution in [1.29, 1.82) is 0 Å². The van der Waals surface area contributed by atoms with Gasteiger partial charge in [0.2, 0.25) is 0 Å². The second-order valence-corrected chi connectivity index (χ2v) is 4.57. The number of benzene rings is 1. The van der Waals surface area contributed by atoms with Crippen LogP contribution in [0, 0.1) is 6.92 Å². The third-order valence-corrected chi connectivity index (χ3v) is 2.96. The minimum atomic E-state index is 0.690. The first-order valence-corrected chi connectivity index (χ1v) is 6.57. The molecule has 4 nitrogen and oxygen atoms in total. The van der Waals surface area contributed by atoms with Crippen LogP contribution in [-0.4, -0.2) is 23.1 Å². The summed E-state index contributed by atoms with van der Waals surface area (Å²) in [5.74, 6) is 0.963. The van der Waals surface area contributed by atoms with Gasteiger partial charge in [0, 0.05) is 24.8 Å². The Kier molecular flexibility index (Phi) is 4.86. The lowest BCUT2D eigenvalue weighted by atomic mass is 10.2. The number of rotatable bonds is 6. The molecule has 0 fully saturated rings. The van der Waals surface area contributed by atoms with E-state index in [1.807, 2.05) is 19.1 Å². The standard InChI is InChI=1S/C15H20N4/c1-13-10-15(18-12-17-13)19(9-5-8-16)11-14-6-3-2-4-7-14/h2-4,6-7,10,12H,5,8-9,11,16H2,1H3. The molecule has 0 bridgehead atoms. The lowest BCUT2D eigenvalue weighted by molar-refractivity contribution is 0.723. The largest absolute Gasteiger partial charge is 0.352 e. The van der Waals surface area contributed by atoms with Crippen LogP contribution in [0.15, 0.2) is 42.7 Å². The van der Waals surface area contributed by atoms with Crippen LogP contribution in [0.25, 0.3) is 0 Å². The van der Waals surface area contributed by atoms with Crippen molar-refractivity contribution in [1.82, 2.24) is 9.97 Å². The molecule has 0 amide bonds. The van der Waals surface area contributed by atoms with Crippen LogP contribution in [0.3, 0.4) is 0 Å². The molecule has 2 N–H and O–H groups in total. The molecule has 2 rings (SSSR count). The van der Waals surface area contributed by atoms with E-state index in [0.717, 1.165) is 31.0 Å². The summed E-state index contributed by atoms with van der Waals surface area (Å²) in [6, 6.07) is 12.4. The van der Waals surface area contributed by atoms with Crippen LogP contribution in [0.1, 0.15) is 17.7 Å². The molecule has 1 aromatic carbocycles. The number of aromatic nitrogens is 2. The van der Waals surface area contributed by atoms with Crippen molar-refractivity contribution in [3.8, 4) is 0 Å². The van der Waals surface area contributed by atoms with Gasteiger partial charge in [0.15, 0.2) is 0 Å². The van der Waals surface area contributed by atoms with Gasteiger partial charge >= 0.3 is 0 Å². The predicted octanol–water partition coefficient (Wildman–Crippen LogP) is 2.14. The lowest BCUT2D eigenvalue weighted by Gasteiger charge is -2.23. The van der Waals surface area contributed by atoms with Gasteiger partial charge in [0.25, 0.3) is 0 Å². The fourth-order valence-electron chi connectivity index (χ4n) is 1.97. The van der Waals surface area contributed by atoms with Gasteiger partial charge < -0.3 is 10.6 Å². The van der Waals surface area contributed by atoms with Gasteiger partial charge in [0.1, 0.15) is 12.1 Å². The average Bonchev–Trinajstić information content (AvgIpc) is 2.44. The minimum Gasteiger partial charge on any atom is -0.352 e. The topological polar surface area (TPSA) is 55.0 Å². The fraction of sp³-hybridized carbons (Fsp3) is 0.333. The van der Waals surface area contributed by atoms with Gasteiger partial charge in [-0.2, -0.15) is 0 Å². The predicted molar refractivity (Wildman–Crippen MR) is 77.9 cm³/mol. The number of nitrogens with zero attached hydrogens (tertiary/aromatic N) is 3. The van der Waals surface area contributed by atoms with Gasteiger partial charge in [-0.05, 0) is 25.5 Å². The Balaban J connectivity index is 2.16. The van der Waals surface area contributed by atoms with E-state index in [9.17, 15) is 0 Å². The summed E-state index contributed by atoms with van der Waals surface area (Å²) < 4.78 is 0. The summed E-state index contributed by atoms with van der Waals surface area (Å²) in [4.78, 5) is 10.8. The Morgan fingerprint density at radius 1 is 1.16 bits per heavy atom. The Labute approximate surface area is 114 Å². The van der Waals surface area contributed by atoms with E-state index in [1.165, 1.54) is 5.56 Å². The number of aryl methyl sites for hydroxylation is 1. The summed E-state index contributed by atoms with van der Waals surface area (Å²) in [7, 11) is 0. The van der Waals surface area contributed by atoms with Crippen molar-refractivity contribution in [3.05, 3.63) is 54.0 Å². The molecule has 0 radical (unpaired) electrons. The number of anilines is 1. The molecule has 0 aliphatic heterocycles. The second-order valence-electron chi connectivity index (χ2n) is 4.57. The third-order valence-electron chi connectivity index (χ3n) is 2.96. The first kappa shape index (κ1) is 13.5. The molecule has 0 saturated heterocycles. The quantitative estimate of drug-likeness (QED) is 0.860. The van der Waals surface area contributed by atoms with Crippen LogP contribution in [0.5, 0.6) is 0 Å². The highest BCUT2D eigenvalue weighted by Crippen LogP contribution is 2.15. The molecular weight excluding hydrogens is 236 g/mol. The molecule has 0 saturated carbocycles. The summed E-state index contributed by atoms with van der Waals surface area (Å²) >= 11 is 0. The highest BCUT2D eigenvalue weighted by Gasteiger charge is 2.08.